The van der Waals surface area contributed by atoms with Crippen LogP contribution in [0.1, 0.15) is 5.56 Å². The summed E-state index contributed by atoms with van der Waals surface area (Å²) in [4.78, 5) is 4.17. The number of aromatic nitrogens is 1. The van der Waals surface area contributed by atoms with Gasteiger partial charge in [-0.2, -0.15) is 0 Å². The SMILES string of the molecule is Cc1ccnc(Nc2c(Cl)cc(F)cc2Cl)c1Br. The highest BCUT2D eigenvalue weighted by atomic mass is 79.9. The van der Waals surface area contributed by atoms with E-state index >= 15 is 0 Å². The molecule has 2 nitrogen and oxygen atoms in total. The highest BCUT2D eigenvalue weighted by Gasteiger charge is 2.11. The molecule has 6 heteroatoms. The second-order valence-corrected chi connectivity index (χ2v) is 5.27. The van der Waals surface area contributed by atoms with Crippen LogP contribution in [0.4, 0.5) is 15.9 Å². The molecule has 0 saturated heterocycles. The second-order valence-electron chi connectivity index (χ2n) is 3.66. The van der Waals surface area contributed by atoms with Crippen molar-refractivity contribution in [2.24, 2.45) is 0 Å². The molecule has 2 rings (SSSR count). The number of halogens is 4. The fourth-order valence-corrected chi connectivity index (χ4v) is 2.30. The number of rotatable bonds is 2. The lowest BCUT2D eigenvalue weighted by molar-refractivity contribution is 0.628. The van der Waals surface area contributed by atoms with Gasteiger partial charge in [0.2, 0.25) is 0 Å². The maximum Gasteiger partial charge on any atom is 0.145 e. The van der Waals surface area contributed by atoms with Gasteiger partial charge in [0.15, 0.2) is 0 Å². The number of aryl methyl sites for hydroxylation is 1. The van der Waals surface area contributed by atoms with E-state index < -0.39 is 5.82 Å². The van der Waals surface area contributed by atoms with Gasteiger partial charge in [-0.3, -0.25) is 0 Å². The van der Waals surface area contributed by atoms with E-state index in [9.17, 15) is 4.39 Å². The number of nitrogens with one attached hydrogen (secondary N) is 1. The lowest BCUT2D eigenvalue weighted by Gasteiger charge is -2.12. The second kappa shape index (κ2) is 5.43. The highest BCUT2D eigenvalue weighted by molar-refractivity contribution is 9.10. The van der Waals surface area contributed by atoms with E-state index in [1.54, 1.807) is 6.20 Å². The Bertz CT molecular complexity index is 582. The largest absolute Gasteiger partial charge is 0.337 e. The van der Waals surface area contributed by atoms with Gasteiger partial charge in [-0.05, 0) is 46.6 Å². The van der Waals surface area contributed by atoms with E-state index in [-0.39, 0.29) is 10.0 Å². The van der Waals surface area contributed by atoms with Crippen molar-refractivity contribution in [3.8, 4) is 0 Å². The van der Waals surface area contributed by atoms with Crippen LogP contribution in [-0.4, -0.2) is 4.98 Å². The van der Waals surface area contributed by atoms with E-state index in [2.05, 4.69) is 26.2 Å². The third-order valence-electron chi connectivity index (χ3n) is 2.33. The first-order valence-electron chi connectivity index (χ1n) is 5.01. The maximum absolute atomic E-state index is 13.1. The molecule has 0 aliphatic heterocycles. The van der Waals surface area contributed by atoms with Gasteiger partial charge in [0, 0.05) is 6.20 Å². The Morgan fingerprint density at radius 1 is 1.28 bits per heavy atom. The fraction of sp³-hybridized carbons (Fsp3) is 0.0833. The van der Waals surface area contributed by atoms with E-state index in [4.69, 9.17) is 23.2 Å². The molecular formula is C12H8BrCl2FN2. The molecule has 94 valence electrons. The summed E-state index contributed by atoms with van der Waals surface area (Å²) in [5, 5.41) is 3.40. The number of pyridine rings is 1. The third kappa shape index (κ3) is 2.76. The van der Waals surface area contributed by atoms with Crippen molar-refractivity contribution in [3.63, 3.8) is 0 Å². The number of nitrogens with zero attached hydrogens (tertiary/aromatic N) is 1. The molecule has 1 N–H and O–H groups in total. The minimum absolute atomic E-state index is 0.204. The van der Waals surface area contributed by atoms with Crippen molar-refractivity contribution in [1.29, 1.82) is 0 Å². The van der Waals surface area contributed by atoms with Crippen LogP contribution in [0.25, 0.3) is 0 Å². The smallest absolute Gasteiger partial charge is 0.145 e. The van der Waals surface area contributed by atoms with Crippen LogP contribution >= 0.6 is 39.1 Å². The number of benzene rings is 1. The third-order valence-corrected chi connectivity index (χ3v) is 3.93. The molecule has 0 saturated carbocycles. The van der Waals surface area contributed by atoms with Crippen LogP contribution in [0.5, 0.6) is 0 Å². The zero-order valence-electron chi connectivity index (χ0n) is 9.27. The van der Waals surface area contributed by atoms with Crippen molar-refractivity contribution in [1.82, 2.24) is 4.98 Å². The lowest BCUT2D eigenvalue weighted by Crippen LogP contribution is -1.97. The Morgan fingerprint density at radius 2 is 1.89 bits per heavy atom. The maximum atomic E-state index is 13.1. The standard InChI is InChI=1S/C12H8BrCl2FN2/c1-6-2-3-17-12(10(6)13)18-11-8(14)4-7(16)5-9(11)15/h2-5H,1H3,(H,17,18). The minimum Gasteiger partial charge on any atom is -0.337 e. The van der Waals surface area contributed by atoms with Gasteiger partial charge < -0.3 is 5.32 Å². The first kappa shape index (κ1) is 13.6. The summed E-state index contributed by atoms with van der Waals surface area (Å²) in [5.74, 6) is 0.0947. The van der Waals surface area contributed by atoms with Crippen molar-refractivity contribution in [3.05, 3.63) is 50.3 Å². The molecule has 0 spiro atoms. The first-order chi connectivity index (χ1) is 8.49. The Balaban J connectivity index is 2.43. The molecule has 0 unspecified atom stereocenters. The molecule has 0 radical (unpaired) electrons. The molecular weight excluding hydrogens is 342 g/mol. The van der Waals surface area contributed by atoms with Crippen LogP contribution < -0.4 is 5.32 Å². The van der Waals surface area contributed by atoms with Gasteiger partial charge in [-0.1, -0.05) is 23.2 Å². The average molecular weight is 350 g/mol. The molecule has 0 amide bonds. The predicted octanol–water partition coefficient (Wildman–Crippen LogP) is 5.34. The van der Waals surface area contributed by atoms with E-state index in [0.29, 0.717) is 11.5 Å². The Hall–Kier alpha value is -0.840. The zero-order valence-corrected chi connectivity index (χ0v) is 12.4. The first-order valence-corrected chi connectivity index (χ1v) is 6.56. The molecule has 0 aliphatic carbocycles. The topological polar surface area (TPSA) is 24.9 Å². The Morgan fingerprint density at radius 3 is 2.50 bits per heavy atom. The number of hydrogen-bond acceptors (Lipinski definition) is 2. The number of hydrogen-bond donors (Lipinski definition) is 1. The van der Waals surface area contributed by atoms with Gasteiger partial charge in [0.25, 0.3) is 0 Å². The van der Waals surface area contributed by atoms with Crippen LogP contribution in [-0.2, 0) is 0 Å². The van der Waals surface area contributed by atoms with E-state index in [0.717, 1.165) is 10.0 Å². The predicted molar refractivity (Wildman–Crippen MR) is 76.4 cm³/mol. The average Bonchev–Trinajstić information content (AvgIpc) is 2.28. The monoisotopic (exact) mass is 348 g/mol. The lowest BCUT2D eigenvalue weighted by atomic mass is 10.2. The quantitative estimate of drug-likeness (QED) is 0.791. The molecule has 0 fully saturated rings. The highest BCUT2D eigenvalue weighted by Crippen LogP contribution is 2.35. The van der Waals surface area contributed by atoms with Gasteiger partial charge in [0.1, 0.15) is 11.6 Å². The van der Waals surface area contributed by atoms with Crippen molar-refractivity contribution < 1.29 is 4.39 Å². The van der Waals surface area contributed by atoms with Gasteiger partial charge >= 0.3 is 0 Å². The molecule has 0 aliphatic rings. The Kier molecular flexibility index (Phi) is 4.10. The normalized spacial score (nSPS) is 10.5. The summed E-state index contributed by atoms with van der Waals surface area (Å²) in [6.45, 7) is 1.94. The molecule has 0 bridgehead atoms. The summed E-state index contributed by atoms with van der Waals surface area (Å²) in [7, 11) is 0. The van der Waals surface area contributed by atoms with E-state index in [1.165, 1.54) is 12.1 Å². The zero-order chi connectivity index (χ0) is 13.3. The molecule has 2 aromatic rings. The summed E-state index contributed by atoms with van der Waals surface area (Å²) in [5.41, 5.74) is 1.44. The molecule has 0 atom stereocenters. The number of anilines is 2. The van der Waals surface area contributed by atoms with Crippen LogP contribution in [0.15, 0.2) is 28.9 Å². The molecule has 18 heavy (non-hydrogen) atoms. The van der Waals surface area contributed by atoms with Crippen LogP contribution in [0.2, 0.25) is 10.0 Å². The summed E-state index contributed by atoms with van der Waals surface area (Å²) >= 11 is 15.3. The van der Waals surface area contributed by atoms with Crippen LogP contribution in [0, 0.1) is 12.7 Å². The molecule has 1 aromatic carbocycles. The van der Waals surface area contributed by atoms with Crippen LogP contribution in [0.3, 0.4) is 0 Å². The molecule has 1 aromatic heterocycles. The van der Waals surface area contributed by atoms with E-state index in [1.807, 2.05) is 13.0 Å². The van der Waals surface area contributed by atoms with Gasteiger partial charge in [0.05, 0.1) is 20.2 Å². The fourth-order valence-electron chi connectivity index (χ4n) is 1.41. The van der Waals surface area contributed by atoms with Gasteiger partial charge in [-0.25, -0.2) is 9.37 Å². The van der Waals surface area contributed by atoms with Crippen molar-refractivity contribution >= 4 is 50.6 Å². The van der Waals surface area contributed by atoms with Crippen molar-refractivity contribution in [2.75, 3.05) is 5.32 Å². The summed E-state index contributed by atoms with van der Waals surface area (Å²) < 4.78 is 13.9. The summed E-state index contributed by atoms with van der Waals surface area (Å²) in [6, 6.07) is 4.25. The molecule has 1 heterocycles. The van der Waals surface area contributed by atoms with Gasteiger partial charge in [-0.15, -0.1) is 0 Å². The Labute approximate surface area is 122 Å². The van der Waals surface area contributed by atoms with Crippen molar-refractivity contribution in [2.45, 2.75) is 6.92 Å². The minimum atomic E-state index is -0.480. The summed E-state index contributed by atoms with van der Waals surface area (Å²) in [6.07, 6.45) is 1.66.